The highest BCUT2D eigenvalue weighted by Gasteiger charge is 2.23. The van der Waals surface area contributed by atoms with Gasteiger partial charge in [0.05, 0.1) is 6.04 Å². The van der Waals surface area contributed by atoms with Crippen LogP contribution in [0, 0.1) is 0 Å². The lowest BCUT2D eigenvalue weighted by Gasteiger charge is -2.27. The summed E-state index contributed by atoms with van der Waals surface area (Å²) >= 11 is 0. The van der Waals surface area contributed by atoms with Gasteiger partial charge in [0.1, 0.15) is 0 Å². The number of carboxylic acids is 1. The number of likely N-dealkylation sites (N-methyl/N-ethyl adjacent to an activating group) is 1. The van der Waals surface area contributed by atoms with Gasteiger partial charge in [0.15, 0.2) is 11.5 Å². The Hall–Kier alpha value is -2.28. The minimum absolute atomic E-state index is 0.0706. The molecule has 1 aromatic carbocycles. The first kappa shape index (κ1) is 17.1. The van der Waals surface area contributed by atoms with Crippen molar-refractivity contribution in [2.75, 3.05) is 13.8 Å². The van der Waals surface area contributed by atoms with Gasteiger partial charge in [-0.05, 0) is 37.5 Å². The molecule has 1 aliphatic heterocycles. The second kappa shape index (κ2) is 7.32. The summed E-state index contributed by atoms with van der Waals surface area (Å²) in [5.74, 6) is 0.229. The Labute approximate surface area is 135 Å². The summed E-state index contributed by atoms with van der Waals surface area (Å²) in [6.07, 6.45) is 0.664. The van der Waals surface area contributed by atoms with Gasteiger partial charge in [0.2, 0.25) is 12.7 Å². The summed E-state index contributed by atoms with van der Waals surface area (Å²) in [6, 6.07) is 4.83. The van der Waals surface area contributed by atoms with Gasteiger partial charge in [-0.1, -0.05) is 6.07 Å². The molecule has 0 radical (unpaired) electrons. The maximum Gasteiger partial charge on any atom is 0.303 e. The maximum absolute atomic E-state index is 12.2. The average molecular weight is 322 g/mol. The zero-order valence-corrected chi connectivity index (χ0v) is 13.3. The molecule has 0 bridgehead atoms. The molecule has 0 aromatic heterocycles. The van der Waals surface area contributed by atoms with Crippen molar-refractivity contribution in [3.05, 3.63) is 23.8 Å². The van der Waals surface area contributed by atoms with E-state index in [1.165, 1.54) is 0 Å². The van der Waals surface area contributed by atoms with E-state index in [-0.39, 0.29) is 31.6 Å². The SMILES string of the molecule is CC(Cc1ccc2c(c1)OCO2)N(C)C(=O)C(N)CCC(=O)O. The molecule has 7 heteroatoms. The summed E-state index contributed by atoms with van der Waals surface area (Å²) in [5, 5.41) is 8.66. The number of aliphatic carboxylic acids is 1. The third kappa shape index (κ3) is 4.35. The topological polar surface area (TPSA) is 102 Å². The highest BCUT2D eigenvalue weighted by atomic mass is 16.7. The van der Waals surface area contributed by atoms with Crippen molar-refractivity contribution in [1.82, 2.24) is 4.90 Å². The quantitative estimate of drug-likeness (QED) is 0.776. The van der Waals surface area contributed by atoms with Crippen LogP contribution in [0.25, 0.3) is 0 Å². The normalized spacial score (nSPS) is 15.1. The van der Waals surface area contributed by atoms with E-state index in [0.717, 1.165) is 11.3 Å². The van der Waals surface area contributed by atoms with Crippen LogP contribution >= 0.6 is 0 Å². The van der Waals surface area contributed by atoms with E-state index < -0.39 is 12.0 Å². The Morgan fingerprint density at radius 2 is 2.04 bits per heavy atom. The van der Waals surface area contributed by atoms with Crippen LogP contribution in [-0.2, 0) is 16.0 Å². The highest BCUT2D eigenvalue weighted by Crippen LogP contribution is 2.32. The van der Waals surface area contributed by atoms with Crippen molar-refractivity contribution in [3.8, 4) is 11.5 Å². The first-order valence-electron chi connectivity index (χ1n) is 7.51. The molecule has 0 aliphatic carbocycles. The van der Waals surface area contributed by atoms with Crippen molar-refractivity contribution in [2.45, 2.75) is 38.3 Å². The van der Waals surface area contributed by atoms with Crippen LogP contribution in [0.4, 0.5) is 0 Å². The predicted molar refractivity (Wildman–Crippen MR) is 83.3 cm³/mol. The fraction of sp³-hybridized carbons (Fsp3) is 0.500. The number of carbonyl (C=O) groups is 2. The van der Waals surface area contributed by atoms with Crippen LogP contribution in [0.3, 0.4) is 0 Å². The number of hydrogen-bond donors (Lipinski definition) is 2. The molecule has 2 rings (SSSR count). The van der Waals surface area contributed by atoms with Crippen molar-refractivity contribution in [2.24, 2.45) is 5.73 Å². The number of benzene rings is 1. The molecule has 2 unspecified atom stereocenters. The molecule has 3 N–H and O–H groups in total. The summed E-state index contributed by atoms with van der Waals surface area (Å²) in [4.78, 5) is 24.4. The van der Waals surface area contributed by atoms with Gasteiger partial charge in [0, 0.05) is 19.5 Å². The number of nitrogens with two attached hydrogens (primary N) is 1. The van der Waals surface area contributed by atoms with Gasteiger partial charge >= 0.3 is 5.97 Å². The van der Waals surface area contributed by atoms with Gasteiger partial charge in [-0.25, -0.2) is 0 Å². The molecule has 126 valence electrons. The smallest absolute Gasteiger partial charge is 0.303 e. The Morgan fingerprint density at radius 1 is 1.35 bits per heavy atom. The summed E-state index contributed by atoms with van der Waals surface area (Å²) in [7, 11) is 1.68. The molecule has 0 fully saturated rings. The molecule has 0 saturated carbocycles. The standard InChI is InChI=1S/C16H22N2O5/c1-10(18(2)16(21)12(17)4-6-15(19)20)7-11-3-5-13-14(8-11)23-9-22-13/h3,5,8,10,12H,4,6-7,9,17H2,1-2H3,(H,19,20). The largest absolute Gasteiger partial charge is 0.481 e. The molecule has 1 heterocycles. The number of nitrogens with zero attached hydrogens (tertiary/aromatic N) is 1. The number of hydrogen-bond acceptors (Lipinski definition) is 5. The monoisotopic (exact) mass is 322 g/mol. The second-order valence-electron chi connectivity index (χ2n) is 5.73. The lowest BCUT2D eigenvalue weighted by molar-refractivity contribution is -0.137. The van der Waals surface area contributed by atoms with Gasteiger partial charge in [-0.2, -0.15) is 0 Å². The minimum Gasteiger partial charge on any atom is -0.481 e. The number of carboxylic acid groups (broad SMARTS) is 1. The van der Waals surface area contributed by atoms with E-state index in [0.29, 0.717) is 12.2 Å². The van der Waals surface area contributed by atoms with Crippen LogP contribution in [0.15, 0.2) is 18.2 Å². The van der Waals surface area contributed by atoms with Crippen LogP contribution in [0.5, 0.6) is 11.5 Å². The zero-order chi connectivity index (χ0) is 17.0. The summed E-state index contributed by atoms with van der Waals surface area (Å²) in [6.45, 7) is 2.15. The van der Waals surface area contributed by atoms with Crippen LogP contribution < -0.4 is 15.2 Å². The van der Waals surface area contributed by atoms with Gasteiger partial charge in [-0.15, -0.1) is 0 Å². The van der Waals surface area contributed by atoms with Crippen LogP contribution in [0.2, 0.25) is 0 Å². The van der Waals surface area contributed by atoms with Crippen molar-refractivity contribution in [1.29, 1.82) is 0 Å². The van der Waals surface area contributed by atoms with Crippen LogP contribution in [-0.4, -0.2) is 47.8 Å². The number of rotatable bonds is 7. The van der Waals surface area contributed by atoms with Gasteiger partial charge < -0.3 is 25.2 Å². The van der Waals surface area contributed by atoms with E-state index in [2.05, 4.69) is 0 Å². The van der Waals surface area contributed by atoms with E-state index in [4.69, 9.17) is 20.3 Å². The molecule has 23 heavy (non-hydrogen) atoms. The maximum atomic E-state index is 12.2. The first-order valence-corrected chi connectivity index (χ1v) is 7.51. The zero-order valence-electron chi connectivity index (χ0n) is 13.3. The van der Waals surface area contributed by atoms with Gasteiger partial charge in [-0.3, -0.25) is 9.59 Å². The van der Waals surface area contributed by atoms with E-state index >= 15 is 0 Å². The van der Waals surface area contributed by atoms with Crippen molar-refractivity contribution in [3.63, 3.8) is 0 Å². The lowest BCUT2D eigenvalue weighted by atomic mass is 10.0. The molecule has 7 nitrogen and oxygen atoms in total. The van der Waals surface area contributed by atoms with Crippen molar-refractivity contribution < 1.29 is 24.2 Å². The predicted octanol–water partition coefficient (Wildman–Crippen LogP) is 0.997. The lowest BCUT2D eigenvalue weighted by Crippen LogP contribution is -2.46. The Balaban J connectivity index is 1.92. The summed E-state index contributed by atoms with van der Waals surface area (Å²) in [5.41, 5.74) is 6.81. The Bertz CT molecular complexity index is 590. The second-order valence-corrected chi connectivity index (χ2v) is 5.73. The van der Waals surface area contributed by atoms with Crippen molar-refractivity contribution >= 4 is 11.9 Å². The van der Waals surface area contributed by atoms with Gasteiger partial charge in [0.25, 0.3) is 0 Å². The Morgan fingerprint density at radius 3 is 2.74 bits per heavy atom. The highest BCUT2D eigenvalue weighted by molar-refractivity contribution is 5.82. The number of amides is 1. The molecular formula is C16H22N2O5. The third-order valence-corrected chi connectivity index (χ3v) is 3.96. The molecule has 0 saturated heterocycles. The number of fused-ring (bicyclic) bond motifs is 1. The molecular weight excluding hydrogens is 300 g/mol. The molecule has 1 aliphatic rings. The summed E-state index contributed by atoms with van der Waals surface area (Å²) < 4.78 is 10.6. The van der Waals surface area contributed by atoms with E-state index in [1.807, 2.05) is 25.1 Å². The molecule has 1 amide bonds. The first-order chi connectivity index (χ1) is 10.9. The molecule has 2 atom stereocenters. The fourth-order valence-corrected chi connectivity index (χ4v) is 2.43. The third-order valence-electron chi connectivity index (χ3n) is 3.96. The fourth-order valence-electron chi connectivity index (χ4n) is 2.43. The number of carbonyl (C=O) groups excluding carboxylic acids is 1. The van der Waals surface area contributed by atoms with Crippen LogP contribution in [0.1, 0.15) is 25.3 Å². The molecule has 0 spiro atoms. The number of ether oxygens (including phenoxy) is 2. The average Bonchev–Trinajstić information content (AvgIpc) is 2.98. The molecule has 1 aromatic rings. The minimum atomic E-state index is -0.954. The Kier molecular flexibility index (Phi) is 5.44. The van der Waals surface area contributed by atoms with E-state index in [9.17, 15) is 9.59 Å². The van der Waals surface area contributed by atoms with E-state index in [1.54, 1.807) is 11.9 Å².